The van der Waals surface area contributed by atoms with Crippen molar-refractivity contribution >= 4 is 21.6 Å². The number of nitrogens with zero attached hydrogens (tertiary/aromatic N) is 1. The number of rotatable bonds is 2. The highest BCUT2D eigenvalue weighted by Gasteiger charge is 2.31. The van der Waals surface area contributed by atoms with Gasteiger partial charge in [0.05, 0.1) is 16.3 Å². The van der Waals surface area contributed by atoms with Crippen LogP contribution in [0, 0.1) is 5.92 Å². The van der Waals surface area contributed by atoms with E-state index in [1.165, 1.54) is 17.5 Å². The Balaban J connectivity index is 2.04. The average Bonchev–Trinajstić information content (AvgIpc) is 2.95. The maximum atomic E-state index is 6.11. The summed E-state index contributed by atoms with van der Waals surface area (Å²) < 4.78 is 1.25. The standard InChI is InChI=1S/C11H12N2S/c12-10(7-5-6-7)11-13-8-3-1-2-4-9(8)14-11/h1-4,7,10H,5-6,12H2. The highest BCUT2D eigenvalue weighted by Crippen LogP contribution is 2.41. The molecule has 3 heteroatoms. The Morgan fingerprint density at radius 3 is 2.86 bits per heavy atom. The fourth-order valence-electron chi connectivity index (χ4n) is 1.69. The second-order valence-electron chi connectivity index (χ2n) is 3.88. The van der Waals surface area contributed by atoms with E-state index in [0.29, 0.717) is 5.92 Å². The molecule has 3 rings (SSSR count). The van der Waals surface area contributed by atoms with Crippen LogP contribution in [0.25, 0.3) is 10.2 Å². The van der Waals surface area contributed by atoms with Gasteiger partial charge in [-0.15, -0.1) is 11.3 Å². The summed E-state index contributed by atoms with van der Waals surface area (Å²) in [7, 11) is 0. The lowest BCUT2D eigenvalue weighted by atomic mass is 10.2. The van der Waals surface area contributed by atoms with E-state index in [4.69, 9.17) is 5.73 Å². The number of aromatic nitrogens is 1. The van der Waals surface area contributed by atoms with Crippen molar-refractivity contribution in [2.24, 2.45) is 11.7 Å². The van der Waals surface area contributed by atoms with Gasteiger partial charge in [-0.2, -0.15) is 0 Å². The predicted molar refractivity (Wildman–Crippen MR) is 59.3 cm³/mol. The molecule has 2 nitrogen and oxygen atoms in total. The average molecular weight is 204 g/mol. The van der Waals surface area contributed by atoms with Crippen molar-refractivity contribution < 1.29 is 0 Å². The Morgan fingerprint density at radius 2 is 2.14 bits per heavy atom. The van der Waals surface area contributed by atoms with Gasteiger partial charge in [0.2, 0.25) is 0 Å². The first-order chi connectivity index (χ1) is 6.84. The smallest absolute Gasteiger partial charge is 0.111 e. The Kier molecular flexibility index (Phi) is 1.82. The van der Waals surface area contributed by atoms with E-state index in [2.05, 4.69) is 17.1 Å². The van der Waals surface area contributed by atoms with Gasteiger partial charge in [-0.3, -0.25) is 0 Å². The zero-order valence-electron chi connectivity index (χ0n) is 7.81. The van der Waals surface area contributed by atoms with Crippen LogP contribution >= 0.6 is 11.3 Å². The molecule has 1 fully saturated rings. The maximum Gasteiger partial charge on any atom is 0.111 e. The van der Waals surface area contributed by atoms with Crippen LogP contribution in [0.4, 0.5) is 0 Å². The fraction of sp³-hybridized carbons (Fsp3) is 0.364. The molecule has 0 amide bonds. The summed E-state index contributed by atoms with van der Waals surface area (Å²) in [5, 5.41) is 1.11. The summed E-state index contributed by atoms with van der Waals surface area (Å²) in [4.78, 5) is 4.57. The Bertz CT molecular complexity index is 426. The molecule has 1 saturated carbocycles. The van der Waals surface area contributed by atoms with Crippen molar-refractivity contribution in [1.29, 1.82) is 0 Å². The minimum Gasteiger partial charge on any atom is -0.322 e. The SMILES string of the molecule is NC(c1nc2ccccc2s1)C1CC1. The zero-order chi connectivity index (χ0) is 9.54. The first-order valence-corrected chi connectivity index (χ1v) is 5.77. The molecule has 14 heavy (non-hydrogen) atoms. The van der Waals surface area contributed by atoms with Gasteiger partial charge in [0, 0.05) is 0 Å². The Hall–Kier alpha value is -0.930. The molecule has 1 aromatic carbocycles. The van der Waals surface area contributed by atoms with Crippen LogP contribution in [0.3, 0.4) is 0 Å². The van der Waals surface area contributed by atoms with Gasteiger partial charge in [-0.1, -0.05) is 12.1 Å². The first-order valence-electron chi connectivity index (χ1n) is 4.95. The molecule has 72 valence electrons. The lowest BCUT2D eigenvalue weighted by Gasteiger charge is -2.03. The first kappa shape index (κ1) is 8.38. The number of fused-ring (bicyclic) bond motifs is 1. The lowest BCUT2D eigenvalue weighted by molar-refractivity contribution is 0.630. The molecule has 1 unspecified atom stereocenters. The van der Waals surface area contributed by atoms with Crippen molar-refractivity contribution in [2.75, 3.05) is 0 Å². The number of thiazole rings is 1. The van der Waals surface area contributed by atoms with Gasteiger partial charge < -0.3 is 5.73 Å². The van der Waals surface area contributed by atoms with Crippen LogP contribution in [0.2, 0.25) is 0 Å². The van der Waals surface area contributed by atoms with Crippen LogP contribution < -0.4 is 5.73 Å². The topological polar surface area (TPSA) is 38.9 Å². The third-order valence-corrected chi connectivity index (χ3v) is 3.86. The number of benzene rings is 1. The van der Waals surface area contributed by atoms with Crippen molar-refractivity contribution in [3.63, 3.8) is 0 Å². The minimum absolute atomic E-state index is 0.174. The van der Waals surface area contributed by atoms with E-state index >= 15 is 0 Å². The fourth-order valence-corrected chi connectivity index (χ4v) is 2.75. The summed E-state index contributed by atoms with van der Waals surface area (Å²) in [6, 6.07) is 8.40. The van der Waals surface area contributed by atoms with Crippen LogP contribution in [0.1, 0.15) is 23.9 Å². The van der Waals surface area contributed by atoms with E-state index in [1.54, 1.807) is 11.3 Å². The number of hydrogen-bond donors (Lipinski definition) is 1. The molecule has 0 bridgehead atoms. The quantitative estimate of drug-likeness (QED) is 0.816. The molecule has 1 aliphatic carbocycles. The molecule has 0 aliphatic heterocycles. The van der Waals surface area contributed by atoms with Crippen LogP contribution in [0.5, 0.6) is 0 Å². The molecule has 0 radical (unpaired) electrons. The summed E-state index contributed by atoms with van der Waals surface area (Å²) in [5.74, 6) is 0.690. The van der Waals surface area contributed by atoms with Gasteiger partial charge in [0.15, 0.2) is 0 Å². The normalized spacial score (nSPS) is 18.6. The summed E-state index contributed by atoms with van der Waals surface area (Å²) in [6.07, 6.45) is 2.55. The van der Waals surface area contributed by atoms with Crippen molar-refractivity contribution in [2.45, 2.75) is 18.9 Å². The molecule has 1 heterocycles. The molecule has 0 spiro atoms. The highest BCUT2D eigenvalue weighted by atomic mass is 32.1. The van der Waals surface area contributed by atoms with E-state index in [1.807, 2.05) is 12.1 Å². The van der Waals surface area contributed by atoms with Crippen molar-refractivity contribution in [3.05, 3.63) is 29.3 Å². The van der Waals surface area contributed by atoms with Gasteiger partial charge in [-0.05, 0) is 30.9 Å². The zero-order valence-corrected chi connectivity index (χ0v) is 8.63. The third-order valence-electron chi connectivity index (χ3n) is 2.73. The molecule has 2 N–H and O–H groups in total. The Morgan fingerprint density at radius 1 is 1.36 bits per heavy atom. The van der Waals surface area contributed by atoms with Gasteiger partial charge >= 0.3 is 0 Å². The molecule has 1 atom stereocenters. The molecular formula is C11H12N2S. The Labute approximate surface area is 86.8 Å². The van der Waals surface area contributed by atoms with Gasteiger partial charge in [-0.25, -0.2) is 4.98 Å². The highest BCUT2D eigenvalue weighted by molar-refractivity contribution is 7.18. The second-order valence-corrected chi connectivity index (χ2v) is 4.95. The number of nitrogens with two attached hydrogens (primary N) is 1. The molecule has 0 saturated heterocycles. The largest absolute Gasteiger partial charge is 0.322 e. The minimum atomic E-state index is 0.174. The summed E-state index contributed by atoms with van der Waals surface area (Å²) in [5.41, 5.74) is 7.20. The molecular weight excluding hydrogens is 192 g/mol. The monoisotopic (exact) mass is 204 g/mol. The van der Waals surface area contributed by atoms with E-state index in [-0.39, 0.29) is 6.04 Å². The lowest BCUT2D eigenvalue weighted by Crippen LogP contribution is -2.11. The molecule has 1 aromatic heterocycles. The number of para-hydroxylation sites is 1. The van der Waals surface area contributed by atoms with E-state index in [9.17, 15) is 0 Å². The van der Waals surface area contributed by atoms with Gasteiger partial charge in [0.1, 0.15) is 5.01 Å². The van der Waals surface area contributed by atoms with Gasteiger partial charge in [0.25, 0.3) is 0 Å². The maximum absolute atomic E-state index is 6.11. The van der Waals surface area contributed by atoms with Crippen LogP contribution in [-0.4, -0.2) is 4.98 Å². The molecule has 2 aromatic rings. The number of hydrogen-bond acceptors (Lipinski definition) is 3. The summed E-state index contributed by atoms with van der Waals surface area (Å²) >= 11 is 1.74. The summed E-state index contributed by atoms with van der Waals surface area (Å²) in [6.45, 7) is 0. The van der Waals surface area contributed by atoms with E-state index in [0.717, 1.165) is 10.5 Å². The van der Waals surface area contributed by atoms with Crippen LogP contribution in [-0.2, 0) is 0 Å². The van der Waals surface area contributed by atoms with Crippen LogP contribution in [0.15, 0.2) is 24.3 Å². The second kappa shape index (κ2) is 3.04. The predicted octanol–water partition coefficient (Wildman–Crippen LogP) is 2.71. The van der Waals surface area contributed by atoms with Crippen molar-refractivity contribution in [1.82, 2.24) is 4.98 Å². The van der Waals surface area contributed by atoms with E-state index < -0.39 is 0 Å². The molecule has 1 aliphatic rings. The van der Waals surface area contributed by atoms with Crippen molar-refractivity contribution in [3.8, 4) is 0 Å². The third kappa shape index (κ3) is 1.33.